The second-order valence-corrected chi connectivity index (χ2v) is 6.81. The van der Waals surface area contributed by atoms with Gasteiger partial charge in [-0.15, -0.1) is 11.3 Å². The van der Waals surface area contributed by atoms with Crippen LogP contribution in [0.2, 0.25) is 0 Å². The molecule has 0 bridgehead atoms. The van der Waals surface area contributed by atoms with E-state index in [1.807, 2.05) is 12.1 Å². The van der Waals surface area contributed by atoms with Crippen molar-refractivity contribution in [2.75, 3.05) is 7.05 Å². The Balaban J connectivity index is 1.77. The van der Waals surface area contributed by atoms with Crippen LogP contribution in [0.4, 0.5) is 0 Å². The third kappa shape index (κ3) is 3.23. The van der Waals surface area contributed by atoms with Gasteiger partial charge in [-0.1, -0.05) is 18.2 Å². The molecule has 0 aliphatic rings. The molecule has 0 saturated carbocycles. The Kier molecular flexibility index (Phi) is 4.49. The van der Waals surface area contributed by atoms with E-state index in [0.717, 1.165) is 5.56 Å². The molecule has 0 aliphatic carbocycles. The lowest BCUT2D eigenvalue weighted by Crippen LogP contribution is -2.30. The number of fused-ring (bicyclic) bond motifs is 1. The molecule has 2 heterocycles. The van der Waals surface area contributed by atoms with Crippen molar-refractivity contribution in [3.05, 3.63) is 62.6 Å². The Morgan fingerprint density at radius 1 is 1.29 bits per heavy atom. The van der Waals surface area contributed by atoms with Gasteiger partial charge in [0.05, 0.1) is 6.42 Å². The number of rotatable bonds is 4. The van der Waals surface area contributed by atoms with Gasteiger partial charge in [-0.05, 0) is 36.2 Å². The van der Waals surface area contributed by atoms with Crippen LogP contribution >= 0.6 is 11.3 Å². The standard InChI is InChI=1S/C18H19N3O2S/c1-11-15(18(23)20-12(2)19-11)8-17(22)21(3)9-13-10-24-16-7-5-4-6-14(13)16/h4-7,10H,8-9H2,1-3H3,(H,19,20,23). The molecule has 2 aromatic heterocycles. The van der Waals surface area contributed by atoms with Crippen molar-refractivity contribution in [3.8, 4) is 0 Å². The number of hydrogen-bond donors (Lipinski definition) is 1. The van der Waals surface area contributed by atoms with Gasteiger partial charge in [0, 0.05) is 29.5 Å². The van der Waals surface area contributed by atoms with Gasteiger partial charge < -0.3 is 9.88 Å². The number of aryl methyl sites for hydroxylation is 2. The summed E-state index contributed by atoms with van der Waals surface area (Å²) in [6.07, 6.45) is 0.0625. The fraction of sp³-hybridized carbons (Fsp3) is 0.278. The molecule has 0 atom stereocenters. The van der Waals surface area contributed by atoms with Crippen LogP contribution < -0.4 is 5.56 Å². The van der Waals surface area contributed by atoms with Gasteiger partial charge >= 0.3 is 0 Å². The summed E-state index contributed by atoms with van der Waals surface area (Å²) in [6, 6.07) is 8.16. The Bertz CT molecular complexity index is 958. The average molecular weight is 341 g/mol. The molecule has 3 rings (SSSR count). The maximum atomic E-state index is 12.5. The van der Waals surface area contributed by atoms with Crippen molar-refractivity contribution in [3.63, 3.8) is 0 Å². The maximum absolute atomic E-state index is 12.5. The zero-order valence-corrected chi connectivity index (χ0v) is 14.7. The van der Waals surface area contributed by atoms with Gasteiger partial charge in [-0.3, -0.25) is 9.59 Å². The van der Waals surface area contributed by atoms with Crippen molar-refractivity contribution >= 4 is 27.3 Å². The molecule has 0 unspecified atom stereocenters. The minimum absolute atomic E-state index is 0.0625. The lowest BCUT2D eigenvalue weighted by molar-refractivity contribution is -0.129. The van der Waals surface area contributed by atoms with Crippen LogP contribution in [0.1, 0.15) is 22.6 Å². The van der Waals surface area contributed by atoms with Crippen LogP contribution in [0.15, 0.2) is 34.4 Å². The van der Waals surface area contributed by atoms with Gasteiger partial charge in [-0.25, -0.2) is 4.98 Å². The normalized spacial score (nSPS) is 11.0. The molecule has 24 heavy (non-hydrogen) atoms. The molecule has 5 nitrogen and oxygen atoms in total. The summed E-state index contributed by atoms with van der Waals surface area (Å²) in [5.74, 6) is 0.469. The number of carbonyl (C=O) groups is 1. The molecule has 124 valence electrons. The van der Waals surface area contributed by atoms with Gasteiger partial charge in [0.15, 0.2) is 0 Å². The van der Waals surface area contributed by atoms with E-state index in [9.17, 15) is 9.59 Å². The van der Waals surface area contributed by atoms with Gasteiger partial charge in [0.2, 0.25) is 5.91 Å². The molecule has 1 N–H and O–H groups in total. The largest absolute Gasteiger partial charge is 0.341 e. The number of nitrogens with zero attached hydrogens (tertiary/aromatic N) is 2. The summed E-state index contributed by atoms with van der Waals surface area (Å²) in [5, 5.41) is 3.26. The fourth-order valence-corrected chi connectivity index (χ4v) is 3.70. The quantitative estimate of drug-likeness (QED) is 0.793. The molecule has 0 radical (unpaired) electrons. The smallest absolute Gasteiger partial charge is 0.254 e. The number of H-pyrrole nitrogens is 1. The molecule has 0 spiro atoms. The molecular weight excluding hydrogens is 322 g/mol. The Labute approximate surface area is 144 Å². The van der Waals surface area contributed by atoms with Crippen LogP contribution in [0, 0.1) is 13.8 Å². The zero-order chi connectivity index (χ0) is 17.3. The molecule has 0 saturated heterocycles. The monoisotopic (exact) mass is 341 g/mol. The van der Waals surface area contributed by atoms with Crippen molar-refractivity contribution in [2.24, 2.45) is 0 Å². The minimum atomic E-state index is -0.234. The number of nitrogens with one attached hydrogen (secondary N) is 1. The number of benzene rings is 1. The van der Waals surface area contributed by atoms with E-state index in [2.05, 4.69) is 27.5 Å². The molecule has 6 heteroatoms. The molecule has 0 fully saturated rings. The summed E-state index contributed by atoms with van der Waals surface area (Å²) >= 11 is 1.68. The zero-order valence-electron chi connectivity index (χ0n) is 13.9. The van der Waals surface area contributed by atoms with Crippen LogP contribution in [-0.2, 0) is 17.8 Å². The molecule has 1 amide bonds. The summed E-state index contributed by atoms with van der Waals surface area (Å²) < 4.78 is 1.21. The van der Waals surface area contributed by atoms with E-state index < -0.39 is 0 Å². The van der Waals surface area contributed by atoms with Gasteiger partial charge in [0.25, 0.3) is 5.56 Å². The number of aromatic amines is 1. The summed E-state index contributed by atoms with van der Waals surface area (Å²) in [7, 11) is 1.76. The third-order valence-corrected chi connectivity index (χ3v) is 5.08. The van der Waals surface area contributed by atoms with E-state index in [1.165, 1.54) is 10.1 Å². The summed E-state index contributed by atoms with van der Waals surface area (Å²) in [5.41, 5.74) is 1.94. The van der Waals surface area contributed by atoms with E-state index in [4.69, 9.17) is 0 Å². The second-order valence-electron chi connectivity index (χ2n) is 5.90. The Morgan fingerprint density at radius 3 is 2.79 bits per heavy atom. The van der Waals surface area contributed by atoms with E-state index >= 15 is 0 Å². The van der Waals surface area contributed by atoms with Crippen LogP contribution in [-0.4, -0.2) is 27.8 Å². The second kappa shape index (κ2) is 6.57. The number of amides is 1. The van der Waals surface area contributed by atoms with E-state index in [0.29, 0.717) is 23.6 Å². The summed E-state index contributed by atoms with van der Waals surface area (Å²) in [6.45, 7) is 4.02. The predicted molar refractivity (Wildman–Crippen MR) is 96.3 cm³/mol. The molecule has 1 aromatic carbocycles. The summed E-state index contributed by atoms with van der Waals surface area (Å²) in [4.78, 5) is 33.1. The molecular formula is C18H19N3O2S. The number of hydrogen-bond acceptors (Lipinski definition) is 4. The van der Waals surface area contributed by atoms with E-state index in [-0.39, 0.29) is 17.9 Å². The highest BCUT2D eigenvalue weighted by molar-refractivity contribution is 7.17. The maximum Gasteiger partial charge on any atom is 0.254 e. The topological polar surface area (TPSA) is 66.1 Å². The number of carbonyl (C=O) groups excluding carboxylic acids is 1. The first-order valence-corrected chi connectivity index (χ1v) is 8.59. The SMILES string of the molecule is Cc1nc(C)c(CC(=O)N(C)Cc2csc3ccccc23)c(=O)[nH]1. The van der Waals surface area contributed by atoms with Crippen LogP contribution in [0.3, 0.4) is 0 Å². The van der Waals surface area contributed by atoms with Gasteiger partial charge in [-0.2, -0.15) is 0 Å². The Hall–Kier alpha value is -2.47. The molecule has 3 aromatic rings. The first kappa shape index (κ1) is 16.4. The Morgan fingerprint density at radius 2 is 2.04 bits per heavy atom. The minimum Gasteiger partial charge on any atom is -0.341 e. The fourth-order valence-electron chi connectivity index (χ4n) is 2.74. The lowest BCUT2D eigenvalue weighted by atomic mass is 10.1. The number of aromatic nitrogens is 2. The van der Waals surface area contributed by atoms with Crippen LogP contribution in [0.5, 0.6) is 0 Å². The highest BCUT2D eigenvalue weighted by Crippen LogP contribution is 2.26. The number of likely N-dealkylation sites (N-methyl/N-ethyl adjacent to an activating group) is 1. The predicted octanol–water partition coefficient (Wildman–Crippen LogP) is 2.80. The van der Waals surface area contributed by atoms with Crippen molar-refractivity contribution in [1.82, 2.24) is 14.9 Å². The third-order valence-electron chi connectivity index (χ3n) is 4.06. The van der Waals surface area contributed by atoms with Gasteiger partial charge in [0.1, 0.15) is 5.82 Å². The highest BCUT2D eigenvalue weighted by atomic mass is 32.1. The highest BCUT2D eigenvalue weighted by Gasteiger charge is 2.16. The van der Waals surface area contributed by atoms with Crippen molar-refractivity contribution in [2.45, 2.75) is 26.8 Å². The molecule has 0 aliphatic heterocycles. The van der Waals surface area contributed by atoms with E-state index in [1.54, 1.807) is 37.1 Å². The average Bonchev–Trinajstić information content (AvgIpc) is 2.94. The first-order chi connectivity index (χ1) is 11.5. The number of thiophene rings is 1. The lowest BCUT2D eigenvalue weighted by Gasteiger charge is -2.17. The van der Waals surface area contributed by atoms with Crippen LogP contribution in [0.25, 0.3) is 10.1 Å². The van der Waals surface area contributed by atoms with Crippen molar-refractivity contribution in [1.29, 1.82) is 0 Å². The first-order valence-electron chi connectivity index (χ1n) is 7.71. The van der Waals surface area contributed by atoms with Crippen molar-refractivity contribution < 1.29 is 4.79 Å².